The van der Waals surface area contributed by atoms with Crippen molar-refractivity contribution in [3.05, 3.63) is 34.9 Å². The van der Waals surface area contributed by atoms with Crippen molar-refractivity contribution < 1.29 is 0 Å². The maximum Gasteiger partial charge on any atom is 0.126 e. The number of hydrogen-bond acceptors (Lipinski definition) is 1. The fourth-order valence-corrected chi connectivity index (χ4v) is 1.26. The van der Waals surface area contributed by atoms with Gasteiger partial charge in [-0.25, -0.2) is 0 Å². The highest BCUT2D eigenvalue weighted by atomic mass is 35.5. The Balaban J connectivity index is 3.01. The van der Waals surface area contributed by atoms with Crippen molar-refractivity contribution >= 4 is 17.4 Å². The summed E-state index contributed by atoms with van der Waals surface area (Å²) in [6.07, 6.45) is 0. The molecule has 0 aliphatic heterocycles. The molecule has 0 aliphatic carbocycles. The van der Waals surface area contributed by atoms with E-state index in [9.17, 15) is 0 Å². The Labute approximate surface area is 89.8 Å². The molecule has 1 rings (SSSR count). The summed E-state index contributed by atoms with van der Waals surface area (Å²) < 4.78 is 0. The van der Waals surface area contributed by atoms with Crippen LogP contribution in [0.3, 0.4) is 0 Å². The number of benzene rings is 1. The third-order valence-corrected chi connectivity index (χ3v) is 1.81. The summed E-state index contributed by atoms with van der Waals surface area (Å²) >= 11 is 5.85. The Kier molecular flexibility index (Phi) is 3.17. The Morgan fingerprint density at radius 3 is 2.50 bits per heavy atom. The Morgan fingerprint density at radius 2 is 2.00 bits per heavy atom. The highest BCUT2D eigenvalue weighted by molar-refractivity contribution is 6.31. The maximum atomic E-state index is 5.85. The molecule has 0 saturated heterocycles. The molecule has 1 aromatic rings. The van der Waals surface area contributed by atoms with E-state index in [4.69, 9.17) is 17.3 Å². The van der Waals surface area contributed by atoms with Crippen molar-refractivity contribution in [3.8, 4) is 0 Å². The zero-order chi connectivity index (χ0) is 10.8. The van der Waals surface area contributed by atoms with Gasteiger partial charge >= 0.3 is 0 Å². The van der Waals surface area contributed by atoms with E-state index in [1.54, 1.807) is 0 Å². The second-order valence-electron chi connectivity index (χ2n) is 4.18. The Bertz CT molecular complexity index is 351. The maximum absolute atomic E-state index is 5.85. The van der Waals surface area contributed by atoms with Gasteiger partial charge < -0.3 is 5.73 Å². The van der Waals surface area contributed by atoms with E-state index in [-0.39, 0.29) is 5.54 Å². The van der Waals surface area contributed by atoms with E-state index in [0.29, 0.717) is 10.9 Å². The topological polar surface area (TPSA) is 38.4 Å². The zero-order valence-corrected chi connectivity index (χ0v) is 9.47. The van der Waals surface area contributed by atoms with E-state index < -0.39 is 0 Å². The van der Waals surface area contributed by atoms with Gasteiger partial charge in [0.2, 0.25) is 0 Å². The lowest BCUT2D eigenvalue weighted by atomic mass is 10.1. The Morgan fingerprint density at radius 1 is 1.36 bits per heavy atom. The summed E-state index contributed by atoms with van der Waals surface area (Å²) in [6, 6.07) is 7.39. The van der Waals surface area contributed by atoms with Crippen LogP contribution < -0.4 is 5.73 Å². The molecule has 2 nitrogen and oxygen atoms in total. The smallest absolute Gasteiger partial charge is 0.126 e. The zero-order valence-electron chi connectivity index (χ0n) is 8.71. The van der Waals surface area contributed by atoms with Crippen molar-refractivity contribution in [2.24, 2.45) is 10.7 Å². The lowest BCUT2D eigenvalue weighted by molar-refractivity contribution is 0.583. The van der Waals surface area contributed by atoms with Gasteiger partial charge in [-0.2, -0.15) is 0 Å². The number of aliphatic imine (C=N–C) groups is 1. The minimum Gasteiger partial charge on any atom is -0.383 e. The molecule has 0 atom stereocenters. The molecule has 0 spiro atoms. The number of nitrogens with two attached hydrogens (primary N) is 1. The molecule has 76 valence electrons. The van der Waals surface area contributed by atoms with E-state index >= 15 is 0 Å². The number of amidine groups is 1. The van der Waals surface area contributed by atoms with Gasteiger partial charge in [0.1, 0.15) is 5.84 Å². The molecule has 0 saturated carbocycles. The van der Waals surface area contributed by atoms with Crippen LogP contribution >= 0.6 is 11.6 Å². The summed E-state index contributed by atoms with van der Waals surface area (Å²) in [5.41, 5.74) is 6.55. The van der Waals surface area contributed by atoms with Gasteiger partial charge in [0.05, 0.1) is 5.54 Å². The second kappa shape index (κ2) is 4.01. The van der Waals surface area contributed by atoms with E-state index in [1.807, 2.05) is 45.0 Å². The second-order valence-corrected chi connectivity index (χ2v) is 4.61. The first-order valence-electron chi connectivity index (χ1n) is 4.50. The van der Waals surface area contributed by atoms with Crippen LogP contribution in [0.15, 0.2) is 29.3 Å². The number of nitrogens with zero attached hydrogens (tertiary/aromatic N) is 1. The molecule has 0 heterocycles. The van der Waals surface area contributed by atoms with E-state index in [2.05, 4.69) is 4.99 Å². The molecule has 14 heavy (non-hydrogen) atoms. The highest BCUT2D eigenvalue weighted by Gasteiger charge is 2.09. The van der Waals surface area contributed by atoms with Crippen LogP contribution in [0, 0.1) is 0 Å². The van der Waals surface area contributed by atoms with Gasteiger partial charge in [-0.1, -0.05) is 23.7 Å². The summed E-state index contributed by atoms with van der Waals surface area (Å²) in [4.78, 5) is 4.36. The molecule has 0 fully saturated rings. The number of rotatable bonds is 1. The molecule has 1 aromatic carbocycles. The minimum absolute atomic E-state index is 0.160. The fraction of sp³-hybridized carbons (Fsp3) is 0.364. The van der Waals surface area contributed by atoms with Gasteiger partial charge in [-0.05, 0) is 32.9 Å². The van der Waals surface area contributed by atoms with Crippen LogP contribution in [-0.2, 0) is 0 Å². The first-order chi connectivity index (χ1) is 6.38. The average Bonchev–Trinajstić information content (AvgIpc) is 2.01. The first-order valence-corrected chi connectivity index (χ1v) is 4.87. The van der Waals surface area contributed by atoms with Crippen LogP contribution in [0.2, 0.25) is 5.02 Å². The normalized spacial score (nSPS) is 13.0. The SMILES string of the molecule is CC(C)(C)N=C(N)c1cccc(Cl)c1. The molecule has 0 aliphatic rings. The molecule has 0 amide bonds. The molecular formula is C11H15ClN2. The van der Waals surface area contributed by atoms with Crippen LogP contribution in [0.5, 0.6) is 0 Å². The third-order valence-electron chi connectivity index (χ3n) is 1.58. The predicted molar refractivity (Wildman–Crippen MR) is 61.9 cm³/mol. The highest BCUT2D eigenvalue weighted by Crippen LogP contribution is 2.13. The fourth-order valence-electron chi connectivity index (χ4n) is 1.07. The molecule has 0 radical (unpaired) electrons. The third kappa shape index (κ3) is 3.38. The van der Waals surface area contributed by atoms with Gasteiger partial charge in [-0.3, -0.25) is 4.99 Å². The monoisotopic (exact) mass is 210 g/mol. The van der Waals surface area contributed by atoms with Crippen LogP contribution in [0.25, 0.3) is 0 Å². The van der Waals surface area contributed by atoms with E-state index in [0.717, 1.165) is 5.56 Å². The average molecular weight is 211 g/mol. The minimum atomic E-state index is -0.160. The van der Waals surface area contributed by atoms with Crippen LogP contribution in [0.4, 0.5) is 0 Å². The van der Waals surface area contributed by atoms with Gasteiger partial charge in [-0.15, -0.1) is 0 Å². The molecule has 0 bridgehead atoms. The molecular weight excluding hydrogens is 196 g/mol. The van der Waals surface area contributed by atoms with Crippen molar-refractivity contribution in [2.45, 2.75) is 26.3 Å². The van der Waals surface area contributed by atoms with Gasteiger partial charge in [0.25, 0.3) is 0 Å². The quantitative estimate of drug-likeness (QED) is 0.562. The molecule has 2 N–H and O–H groups in total. The predicted octanol–water partition coefficient (Wildman–Crippen LogP) is 2.84. The van der Waals surface area contributed by atoms with Crippen LogP contribution in [-0.4, -0.2) is 11.4 Å². The van der Waals surface area contributed by atoms with Gasteiger partial charge in [0, 0.05) is 10.6 Å². The summed E-state index contributed by atoms with van der Waals surface area (Å²) in [6.45, 7) is 6.01. The summed E-state index contributed by atoms with van der Waals surface area (Å²) in [5.74, 6) is 0.528. The standard InChI is InChI=1S/C11H15ClN2/c1-11(2,3)14-10(13)8-5-4-6-9(12)7-8/h4-7H,1-3H3,(H2,13,14). The number of hydrogen-bond donors (Lipinski definition) is 1. The summed E-state index contributed by atoms with van der Waals surface area (Å²) in [7, 11) is 0. The van der Waals surface area contributed by atoms with Crippen molar-refractivity contribution in [1.82, 2.24) is 0 Å². The lowest BCUT2D eigenvalue weighted by Crippen LogP contribution is -2.21. The Hall–Kier alpha value is -1.02. The van der Waals surface area contributed by atoms with Crippen molar-refractivity contribution in [3.63, 3.8) is 0 Å². The largest absolute Gasteiger partial charge is 0.383 e. The summed E-state index contributed by atoms with van der Waals surface area (Å²) in [5, 5.41) is 0.676. The van der Waals surface area contributed by atoms with Crippen molar-refractivity contribution in [1.29, 1.82) is 0 Å². The molecule has 0 unspecified atom stereocenters. The number of halogens is 1. The van der Waals surface area contributed by atoms with Gasteiger partial charge in [0.15, 0.2) is 0 Å². The molecule has 3 heteroatoms. The van der Waals surface area contributed by atoms with Crippen molar-refractivity contribution in [2.75, 3.05) is 0 Å². The van der Waals surface area contributed by atoms with E-state index in [1.165, 1.54) is 0 Å². The molecule has 0 aromatic heterocycles. The van der Waals surface area contributed by atoms with Crippen LogP contribution in [0.1, 0.15) is 26.3 Å². The first kappa shape index (κ1) is 11.1. The lowest BCUT2D eigenvalue weighted by Gasteiger charge is -2.13.